The van der Waals surface area contributed by atoms with Crippen LogP contribution in [0, 0.1) is 0 Å². The third-order valence-electron chi connectivity index (χ3n) is 3.75. The van der Waals surface area contributed by atoms with Crippen molar-refractivity contribution in [3.05, 3.63) is 59.1 Å². The number of sulfonamides is 1. The van der Waals surface area contributed by atoms with E-state index in [1.54, 1.807) is 36.4 Å². The van der Waals surface area contributed by atoms with Crippen molar-refractivity contribution in [2.75, 3.05) is 26.3 Å². The maximum Gasteiger partial charge on any atom is 0.243 e. The minimum atomic E-state index is -3.47. The highest BCUT2D eigenvalue weighted by Crippen LogP contribution is 2.21. The molecule has 2 aromatic carbocycles. The smallest absolute Gasteiger partial charge is 0.243 e. The molecule has 0 saturated carbocycles. The van der Waals surface area contributed by atoms with Gasteiger partial charge in [0.25, 0.3) is 0 Å². The molecule has 0 amide bonds. The highest BCUT2D eigenvalue weighted by Gasteiger charge is 2.26. The van der Waals surface area contributed by atoms with Crippen molar-refractivity contribution in [1.82, 2.24) is 4.31 Å². The van der Waals surface area contributed by atoms with Gasteiger partial charge >= 0.3 is 0 Å². The van der Waals surface area contributed by atoms with E-state index in [4.69, 9.17) is 21.1 Å². The van der Waals surface area contributed by atoms with Gasteiger partial charge < -0.3 is 9.47 Å². The number of benzene rings is 2. The van der Waals surface area contributed by atoms with Crippen LogP contribution in [0.5, 0.6) is 5.75 Å². The van der Waals surface area contributed by atoms with Gasteiger partial charge in [0.05, 0.1) is 18.1 Å². The molecule has 0 unspecified atom stereocenters. The third kappa shape index (κ3) is 4.08. The number of halogens is 1. The van der Waals surface area contributed by atoms with E-state index in [1.165, 1.54) is 4.31 Å². The minimum Gasteiger partial charge on any atom is -0.489 e. The molecule has 2 aromatic rings. The summed E-state index contributed by atoms with van der Waals surface area (Å²) in [7, 11) is -3.47. The highest BCUT2D eigenvalue weighted by molar-refractivity contribution is 7.89. The van der Waals surface area contributed by atoms with Crippen molar-refractivity contribution in [1.29, 1.82) is 0 Å². The van der Waals surface area contributed by atoms with Gasteiger partial charge in [0, 0.05) is 18.1 Å². The van der Waals surface area contributed by atoms with E-state index in [-0.39, 0.29) is 4.90 Å². The second-order valence-corrected chi connectivity index (χ2v) is 7.78. The Morgan fingerprint density at radius 3 is 2.25 bits per heavy atom. The number of nitrogens with zero attached hydrogens (tertiary/aromatic N) is 1. The minimum absolute atomic E-state index is 0.267. The van der Waals surface area contributed by atoms with E-state index < -0.39 is 10.0 Å². The van der Waals surface area contributed by atoms with E-state index in [1.807, 2.05) is 12.1 Å². The first-order chi connectivity index (χ1) is 11.6. The van der Waals surface area contributed by atoms with E-state index >= 15 is 0 Å². The van der Waals surface area contributed by atoms with Crippen molar-refractivity contribution < 1.29 is 17.9 Å². The lowest BCUT2D eigenvalue weighted by atomic mass is 10.2. The fourth-order valence-corrected chi connectivity index (χ4v) is 3.93. The standard InChI is InChI=1S/C17H18ClNO4S/c18-15-3-1-14(2-4-15)13-23-16-5-7-17(8-6-16)24(20,21)19-9-11-22-12-10-19/h1-8H,9-13H2. The van der Waals surface area contributed by atoms with Gasteiger partial charge in [-0.1, -0.05) is 23.7 Å². The normalized spacial score (nSPS) is 16.0. The van der Waals surface area contributed by atoms with Gasteiger partial charge in [0.2, 0.25) is 10.0 Å². The van der Waals surface area contributed by atoms with Crippen LogP contribution in [-0.2, 0) is 21.4 Å². The van der Waals surface area contributed by atoms with Crippen LogP contribution < -0.4 is 4.74 Å². The summed E-state index contributed by atoms with van der Waals surface area (Å²) >= 11 is 5.84. The van der Waals surface area contributed by atoms with E-state index in [2.05, 4.69) is 0 Å². The van der Waals surface area contributed by atoms with Crippen molar-refractivity contribution in [3.8, 4) is 5.75 Å². The van der Waals surface area contributed by atoms with Crippen LogP contribution in [0.3, 0.4) is 0 Å². The quantitative estimate of drug-likeness (QED) is 0.815. The fraction of sp³-hybridized carbons (Fsp3) is 0.294. The lowest BCUT2D eigenvalue weighted by molar-refractivity contribution is 0.0730. The zero-order chi connectivity index (χ0) is 17.0. The van der Waals surface area contributed by atoms with E-state index in [0.717, 1.165) is 5.56 Å². The van der Waals surface area contributed by atoms with Crippen LogP contribution in [-0.4, -0.2) is 39.0 Å². The second-order valence-electron chi connectivity index (χ2n) is 5.40. The van der Waals surface area contributed by atoms with E-state index in [9.17, 15) is 8.42 Å². The fourth-order valence-electron chi connectivity index (χ4n) is 2.39. The topological polar surface area (TPSA) is 55.8 Å². The third-order valence-corrected chi connectivity index (χ3v) is 5.92. The highest BCUT2D eigenvalue weighted by atomic mass is 35.5. The van der Waals surface area contributed by atoms with Crippen LogP contribution in [0.25, 0.3) is 0 Å². The molecular formula is C17H18ClNO4S. The Balaban J connectivity index is 1.65. The molecule has 1 fully saturated rings. The zero-order valence-corrected chi connectivity index (χ0v) is 14.6. The first kappa shape index (κ1) is 17.2. The van der Waals surface area contributed by atoms with Gasteiger partial charge in [-0.25, -0.2) is 8.42 Å². The van der Waals surface area contributed by atoms with Gasteiger partial charge in [-0.05, 0) is 42.0 Å². The van der Waals surface area contributed by atoms with Crippen molar-refractivity contribution >= 4 is 21.6 Å². The first-order valence-corrected chi connectivity index (χ1v) is 9.43. The van der Waals surface area contributed by atoms with Crippen LogP contribution >= 0.6 is 11.6 Å². The second kappa shape index (κ2) is 7.53. The molecule has 1 aliphatic rings. The molecule has 0 aliphatic carbocycles. The first-order valence-electron chi connectivity index (χ1n) is 7.61. The van der Waals surface area contributed by atoms with Crippen molar-refractivity contribution in [2.45, 2.75) is 11.5 Å². The maximum atomic E-state index is 12.5. The summed E-state index contributed by atoms with van der Waals surface area (Å²) in [6.07, 6.45) is 0. The van der Waals surface area contributed by atoms with Gasteiger partial charge in [-0.3, -0.25) is 0 Å². The summed E-state index contributed by atoms with van der Waals surface area (Å²) in [5.41, 5.74) is 0.990. The van der Waals surface area contributed by atoms with Crippen LogP contribution in [0.4, 0.5) is 0 Å². The Hall–Kier alpha value is -1.60. The predicted octanol–water partition coefficient (Wildman–Crippen LogP) is 2.94. The predicted molar refractivity (Wildman–Crippen MR) is 91.8 cm³/mol. The van der Waals surface area contributed by atoms with Crippen molar-refractivity contribution in [2.24, 2.45) is 0 Å². The van der Waals surface area contributed by atoms with Crippen LogP contribution in [0.1, 0.15) is 5.56 Å². The Morgan fingerprint density at radius 2 is 1.62 bits per heavy atom. The number of hydrogen-bond acceptors (Lipinski definition) is 4. The van der Waals surface area contributed by atoms with Crippen LogP contribution in [0.15, 0.2) is 53.4 Å². The molecule has 1 heterocycles. The number of ether oxygens (including phenoxy) is 2. The Labute approximate surface area is 146 Å². The molecule has 128 valence electrons. The molecular weight excluding hydrogens is 350 g/mol. The summed E-state index contributed by atoms with van der Waals surface area (Å²) in [4.78, 5) is 0.267. The summed E-state index contributed by atoms with van der Waals surface area (Å²) in [5, 5.41) is 0.677. The molecule has 24 heavy (non-hydrogen) atoms. The zero-order valence-electron chi connectivity index (χ0n) is 13.0. The summed E-state index contributed by atoms with van der Waals surface area (Å²) in [6, 6.07) is 13.9. The average molecular weight is 368 g/mol. The molecule has 0 aromatic heterocycles. The lowest BCUT2D eigenvalue weighted by Crippen LogP contribution is -2.40. The number of rotatable bonds is 5. The Kier molecular flexibility index (Phi) is 5.40. The summed E-state index contributed by atoms with van der Waals surface area (Å²) in [5.74, 6) is 0.617. The van der Waals surface area contributed by atoms with Crippen molar-refractivity contribution in [3.63, 3.8) is 0 Å². The lowest BCUT2D eigenvalue weighted by Gasteiger charge is -2.26. The SMILES string of the molecule is O=S(=O)(c1ccc(OCc2ccc(Cl)cc2)cc1)N1CCOCC1. The molecule has 0 N–H and O–H groups in total. The Morgan fingerprint density at radius 1 is 1.00 bits per heavy atom. The molecule has 0 spiro atoms. The van der Waals surface area contributed by atoms with Gasteiger partial charge in [0.15, 0.2) is 0 Å². The molecule has 3 rings (SSSR count). The van der Waals surface area contributed by atoms with Gasteiger partial charge in [-0.15, -0.1) is 0 Å². The molecule has 1 aliphatic heterocycles. The molecule has 0 atom stereocenters. The average Bonchev–Trinajstić information content (AvgIpc) is 2.62. The Bertz CT molecular complexity index is 769. The molecule has 7 heteroatoms. The summed E-state index contributed by atoms with van der Waals surface area (Å²) < 4.78 is 37.4. The molecule has 5 nitrogen and oxygen atoms in total. The van der Waals surface area contributed by atoms with Gasteiger partial charge in [-0.2, -0.15) is 4.31 Å². The molecule has 0 radical (unpaired) electrons. The van der Waals surface area contributed by atoms with Crippen LogP contribution in [0.2, 0.25) is 5.02 Å². The van der Waals surface area contributed by atoms with E-state index in [0.29, 0.717) is 43.7 Å². The molecule has 1 saturated heterocycles. The monoisotopic (exact) mass is 367 g/mol. The maximum absolute atomic E-state index is 12.5. The number of hydrogen-bond donors (Lipinski definition) is 0. The number of morpholine rings is 1. The van der Waals surface area contributed by atoms with Gasteiger partial charge in [0.1, 0.15) is 12.4 Å². The molecule has 0 bridgehead atoms. The largest absolute Gasteiger partial charge is 0.489 e. The summed E-state index contributed by atoms with van der Waals surface area (Å²) in [6.45, 7) is 2.03.